The van der Waals surface area contributed by atoms with Gasteiger partial charge in [0.1, 0.15) is 5.82 Å². The molecule has 148 valence electrons. The van der Waals surface area contributed by atoms with E-state index in [4.69, 9.17) is 0 Å². The van der Waals surface area contributed by atoms with E-state index in [1.54, 1.807) is 42.5 Å². The summed E-state index contributed by atoms with van der Waals surface area (Å²) in [5.74, 6) is -1.47. The first-order valence-electron chi connectivity index (χ1n) is 9.83. The molecule has 4 amide bonds. The van der Waals surface area contributed by atoms with Crippen LogP contribution >= 0.6 is 0 Å². The molecule has 1 N–H and O–H groups in total. The minimum atomic E-state index is -1.47. The lowest BCUT2D eigenvalue weighted by molar-refractivity contribution is -0.145. The van der Waals surface area contributed by atoms with Crippen LogP contribution in [0, 0.1) is 11.2 Å². The molecule has 3 heterocycles. The molecule has 6 nitrogen and oxygen atoms in total. The van der Waals surface area contributed by atoms with E-state index in [1.807, 2.05) is 4.90 Å². The van der Waals surface area contributed by atoms with Crippen molar-refractivity contribution in [2.75, 3.05) is 16.3 Å². The van der Waals surface area contributed by atoms with Crippen molar-refractivity contribution in [3.05, 3.63) is 59.9 Å². The first-order valence-corrected chi connectivity index (χ1v) is 9.83. The second-order valence-corrected chi connectivity index (χ2v) is 7.84. The van der Waals surface area contributed by atoms with E-state index in [1.165, 1.54) is 6.07 Å². The summed E-state index contributed by atoms with van der Waals surface area (Å²) in [4.78, 5) is 42.5. The van der Waals surface area contributed by atoms with Crippen molar-refractivity contribution in [3.8, 4) is 0 Å². The van der Waals surface area contributed by atoms with Crippen LogP contribution in [0.5, 0.6) is 0 Å². The number of fused-ring (bicyclic) bond motifs is 4. The van der Waals surface area contributed by atoms with E-state index < -0.39 is 29.3 Å². The lowest BCUT2D eigenvalue weighted by atomic mass is 9.66. The van der Waals surface area contributed by atoms with Crippen LogP contribution in [0.25, 0.3) is 0 Å². The number of hydrogen-bond donors (Lipinski definition) is 1. The summed E-state index contributed by atoms with van der Waals surface area (Å²) in [6, 6.07) is 12.1. The van der Waals surface area contributed by atoms with Gasteiger partial charge in [0, 0.05) is 6.54 Å². The largest absolute Gasteiger partial charge is 0.364 e. The van der Waals surface area contributed by atoms with Crippen LogP contribution in [-0.4, -0.2) is 30.4 Å². The third-order valence-corrected chi connectivity index (χ3v) is 6.33. The zero-order chi connectivity index (χ0) is 20.2. The SMILES string of the molecule is O=C1NC(=O)C2(Cc3cccc(F)c3N3CCCCC32)C(=O)N1c1ccccc1. The minimum absolute atomic E-state index is 0.0720. The minimum Gasteiger partial charge on any atom is -0.364 e. The average Bonchev–Trinajstić information content (AvgIpc) is 2.73. The molecule has 2 atom stereocenters. The Morgan fingerprint density at radius 3 is 2.59 bits per heavy atom. The molecular formula is C22H20FN3O3. The summed E-state index contributed by atoms with van der Waals surface area (Å²) < 4.78 is 14.7. The summed E-state index contributed by atoms with van der Waals surface area (Å²) in [6.45, 7) is 0.570. The second-order valence-electron chi connectivity index (χ2n) is 7.84. The molecule has 2 unspecified atom stereocenters. The maximum Gasteiger partial charge on any atom is 0.335 e. The van der Waals surface area contributed by atoms with Gasteiger partial charge in [0.15, 0.2) is 5.41 Å². The Morgan fingerprint density at radius 1 is 1.00 bits per heavy atom. The lowest BCUT2D eigenvalue weighted by Crippen LogP contribution is -2.73. The number of carbonyl (C=O) groups is 3. The van der Waals surface area contributed by atoms with Crippen molar-refractivity contribution in [2.24, 2.45) is 5.41 Å². The standard InChI is InChI=1S/C22H20FN3O3/c23-16-10-6-7-14-13-22(17-11-4-5-12-25(17)18(14)16)19(27)24-21(29)26(20(22)28)15-8-2-1-3-9-15/h1-3,6-10,17H,4-5,11-13H2,(H,24,27,29). The molecule has 3 aliphatic rings. The number of anilines is 2. The van der Waals surface area contributed by atoms with Gasteiger partial charge in [-0.05, 0) is 49.4 Å². The van der Waals surface area contributed by atoms with Crippen LogP contribution in [0.4, 0.5) is 20.6 Å². The molecule has 3 aliphatic heterocycles. The highest BCUT2D eigenvalue weighted by molar-refractivity contribution is 6.30. The van der Waals surface area contributed by atoms with Crippen LogP contribution in [0.3, 0.4) is 0 Å². The molecule has 5 rings (SSSR count). The maximum absolute atomic E-state index is 14.7. The van der Waals surface area contributed by atoms with Crippen molar-refractivity contribution in [1.29, 1.82) is 0 Å². The number of halogens is 1. The first-order chi connectivity index (χ1) is 14.0. The fourth-order valence-electron chi connectivity index (χ4n) is 5.07. The molecule has 2 fully saturated rings. The van der Waals surface area contributed by atoms with Gasteiger partial charge in [-0.15, -0.1) is 0 Å². The molecule has 0 radical (unpaired) electrons. The number of barbiturate groups is 1. The Kier molecular flexibility index (Phi) is 3.94. The van der Waals surface area contributed by atoms with Gasteiger partial charge in [0.05, 0.1) is 17.4 Å². The van der Waals surface area contributed by atoms with Crippen molar-refractivity contribution < 1.29 is 18.8 Å². The molecule has 1 spiro atoms. The molecule has 29 heavy (non-hydrogen) atoms. The van der Waals surface area contributed by atoms with Crippen molar-refractivity contribution in [1.82, 2.24) is 5.32 Å². The number of imide groups is 2. The van der Waals surface area contributed by atoms with E-state index in [9.17, 15) is 18.8 Å². The summed E-state index contributed by atoms with van der Waals surface area (Å²) in [5.41, 5.74) is 0.0418. The molecule has 2 saturated heterocycles. The number of para-hydroxylation sites is 2. The quantitative estimate of drug-likeness (QED) is 0.757. The van der Waals surface area contributed by atoms with Gasteiger partial charge in [-0.3, -0.25) is 14.9 Å². The summed E-state index contributed by atoms with van der Waals surface area (Å²) >= 11 is 0. The fourth-order valence-corrected chi connectivity index (χ4v) is 5.07. The van der Waals surface area contributed by atoms with Crippen LogP contribution < -0.4 is 15.1 Å². The Bertz CT molecular complexity index is 1030. The maximum atomic E-state index is 14.7. The Morgan fingerprint density at radius 2 is 1.79 bits per heavy atom. The number of nitrogens with zero attached hydrogens (tertiary/aromatic N) is 2. The Labute approximate surface area is 167 Å². The second kappa shape index (κ2) is 6.40. The van der Waals surface area contributed by atoms with E-state index in [0.717, 1.165) is 17.7 Å². The summed E-state index contributed by atoms with van der Waals surface area (Å²) in [6.07, 6.45) is 2.36. The Hall–Kier alpha value is -3.22. The smallest absolute Gasteiger partial charge is 0.335 e. The lowest BCUT2D eigenvalue weighted by Gasteiger charge is -2.53. The van der Waals surface area contributed by atoms with Gasteiger partial charge in [-0.2, -0.15) is 0 Å². The number of hydrogen-bond acceptors (Lipinski definition) is 4. The molecule has 2 aromatic carbocycles. The number of carbonyl (C=O) groups excluding carboxylic acids is 3. The van der Waals surface area contributed by atoms with Crippen molar-refractivity contribution >= 4 is 29.2 Å². The van der Waals surface area contributed by atoms with E-state index >= 15 is 0 Å². The highest BCUT2D eigenvalue weighted by Crippen LogP contribution is 2.48. The average molecular weight is 393 g/mol. The number of piperidine rings is 1. The zero-order valence-electron chi connectivity index (χ0n) is 15.7. The number of nitrogens with one attached hydrogen (secondary N) is 1. The first kappa shape index (κ1) is 17.8. The number of urea groups is 1. The Balaban J connectivity index is 1.69. The number of amides is 4. The molecule has 0 aliphatic carbocycles. The highest BCUT2D eigenvalue weighted by atomic mass is 19.1. The third-order valence-electron chi connectivity index (χ3n) is 6.33. The summed E-state index contributed by atoms with van der Waals surface area (Å²) in [5, 5.41) is 2.40. The van der Waals surface area contributed by atoms with Crippen LogP contribution in [0.15, 0.2) is 48.5 Å². The molecular weight excluding hydrogens is 373 g/mol. The number of benzene rings is 2. The van der Waals surface area contributed by atoms with Gasteiger partial charge < -0.3 is 4.90 Å². The number of rotatable bonds is 1. The van der Waals surface area contributed by atoms with Gasteiger partial charge in [-0.25, -0.2) is 14.1 Å². The third kappa shape index (κ3) is 2.43. The van der Waals surface area contributed by atoms with Crippen LogP contribution in [-0.2, 0) is 16.0 Å². The molecule has 0 saturated carbocycles. The zero-order valence-corrected chi connectivity index (χ0v) is 15.7. The topological polar surface area (TPSA) is 69.7 Å². The monoisotopic (exact) mass is 393 g/mol. The van der Waals surface area contributed by atoms with Gasteiger partial charge in [0.2, 0.25) is 5.91 Å². The normalized spacial score (nSPS) is 26.2. The predicted molar refractivity (Wildman–Crippen MR) is 105 cm³/mol. The van der Waals surface area contributed by atoms with Crippen molar-refractivity contribution in [3.63, 3.8) is 0 Å². The van der Waals surface area contributed by atoms with Gasteiger partial charge in [0.25, 0.3) is 5.91 Å². The van der Waals surface area contributed by atoms with Crippen molar-refractivity contribution in [2.45, 2.75) is 31.7 Å². The summed E-state index contributed by atoms with van der Waals surface area (Å²) in [7, 11) is 0. The van der Waals surface area contributed by atoms with E-state index in [0.29, 0.717) is 29.9 Å². The van der Waals surface area contributed by atoms with Gasteiger partial charge >= 0.3 is 6.03 Å². The molecule has 0 aromatic heterocycles. The van der Waals surface area contributed by atoms with E-state index in [-0.39, 0.29) is 12.2 Å². The molecule has 0 bridgehead atoms. The highest BCUT2D eigenvalue weighted by Gasteiger charge is 2.62. The van der Waals surface area contributed by atoms with Crippen LogP contribution in [0.1, 0.15) is 24.8 Å². The molecule has 2 aromatic rings. The predicted octanol–water partition coefficient (Wildman–Crippen LogP) is 3.01. The fraction of sp³-hybridized carbons (Fsp3) is 0.318. The van der Waals surface area contributed by atoms with Gasteiger partial charge in [-0.1, -0.05) is 30.3 Å². The van der Waals surface area contributed by atoms with E-state index in [2.05, 4.69) is 5.32 Å². The molecule has 7 heteroatoms. The van der Waals surface area contributed by atoms with Crippen LogP contribution in [0.2, 0.25) is 0 Å².